The molecule has 0 amide bonds. The van der Waals surface area contributed by atoms with E-state index < -0.39 is 0 Å². The van der Waals surface area contributed by atoms with Crippen molar-refractivity contribution in [2.75, 3.05) is 45.2 Å². The predicted molar refractivity (Wildman–Crippen MR) is 101 cm³/mol. The minimum absolute atomic E-state index is 0.628. The van der Waals surface area contributed by atoms with Gasteiger partial charge in [-0.15, -0.1) is 0 Å². The molecule has 0 atom stereocenters. The molecule has 1 saturated heterocycles. The van der Waals surface area contributed by atoms with Crippen LogP contribution in [0.2, 0.25) is 0 Å². The van der Waals surface area contributed by atoms with Crippen LogP contribution in [0.5, 0.6) is 5.88 Å². The Morgan fingerprint density at radius 2 is 1.84 bits per heavy atom. The highest BCUT2D eigenvalue weighted by Gasteiger charge is 2.19. The molecule has 0 spiro atoms. The van der Waals surface area contributed by atoms with Crippen molar-refractivity contribution < 1.29 is 4.74 Å². The number of nitrogens with zero attached hydrogens (tertiary/aromatic N) is 4. The molecule has 6 nitrogen and oxygen atoms in total. The molecule has 0 saturated carbocycles. The average molecular weight is 339 g/mol. The van der Waals surface area contributed by atoms with Crippen molar-refractivity contribution in [2.24, 2.45) is 4.99 Å². The molecule has 2 aromatic rings. The molecule has 0 unspecified atom stereocenters. The van der Waals surface area contributed by atoms with Crippen molar-refractivity contribution >= 4 is 11.6 Å². The molecule has 2 heterocycles. The van der Waals surface area contributed by atoms with Crippen molar-refractivity contribution in [3.8, 4) is 5.88 Å². The predicted octanol–water partition coefficient (Wildman–Crippen LogP) is 1.99. The van der Waals surface area contributed by atoms with Gasteiger partial charge in [-0.2, -0.15) is 0 Å². The van der Waals surface area contributed by atoms with Crippen LogP contribution in [0.25, 0.3) is 0 Å². The number of aliphatic imine (C=N–C) groups is 1. The van der Waals surface area contributed by atoms with E-state index in [9.17, 15) is 0 Å². The molecule has 1 aliphatic rings. The maximum Gasteiger partial charge on any atom is 0.213 e. The van der Waals surface area contributed by atoms with Gasteiger partial charge < -0.3 is 19.9 Å². The van der Waals surface area contributed by atoms with E-state index in [4.69, 9.17) is 4.74 Å². The summed E-state index contributed by atoms with van der Waals surface area (Å²) in [4.78, 5) is 13.6. The van der Waals surface area contributed by atoms with Gasteiger partial charge in [-0.25, -0.2) is 4.98 Å². The Bertz CT molecular complexity index is 696. The van der Waals surface area contributed by atoms with Crippen molar-refractivity contribution in [1.82, 2.24) is 15.2 Å². The van der Waals surface area contributed by atoms with Crippen molar-refractivity contribution in [3.05, 3.63) is 54.2 Å². The number of guanidine groups is 1. The van der Waals surface area contributed by atoms with Crippen LogP contribution in [0.15, 0.2) is 53.5 Å². The first-order valence-corrected chi connectivity index (χ1v) is 8.55. The lowest BCUT2D eigenvalue weighted by atomic mass is 10.2. The molecule has 25 heavy (non-hydrogen) atoms. The fourth-order valence-corrected chi connectivity index (χ4v) is 2.99. The number of benzene rings is 1. The summed E-state index contributed by atoms with van der Waals surface area (Å²) in [6.07, 6.45) is 0. The second-order valence-corrected chi connectivity index (χ2v) is 5.88. The van der Waals surface area contributed by atoms with Crippen LogP contribution in [0.3, 0.4) is 0 Å². The number of rotatable bonds is 4. The highest BCUT2D eigenvalue weighted by atomic mass is 16.5. The van der Waals surface area contributed by atoms with Crippen LogP contribution in [0, 0.1) is 0 Å². The summed E-state index contributed by atoms with van der Waals surface area (Å²) in [5, 5.41) is 3.40. The van der Waals surface area contributed by atoms with Crippen LogP contribution < -0.4 is 15.0 Å². The van der Waals surface area contributed by atoms with Gasteiger partial charge in [-0.3, -0.25) is 4.99 Å². The number of ether oxygens (including phenoxy) is 1. The van der Waals surface area contributed by atoms with E-state index in [0.29, 0.717) is 12.4 Å². The second kappa shape index (κ2) is 8.37. The minimum Gasteiger partial charge on any atom is -0.481 e. The first-order valence-electron chi connectivity index (χ1n) is 8.55. The zero-order valence-electron chi connectivity index (χ0n) is 14.9. The maximum absolute atomic E-state index is 5.17. The van der Waals surface area contributed by atoms with Crippen molar-refractivity contribution in [2.45, 2.75) is 6.54 Å². The third kappa shape index (κ3) is 4.41. The summed E-state index contributed by atoms with van der Waals surface area (Å²) >= 11 is 0. The summed E-state index contributed by atoms with van der Waals surface area (Å²) in [6, 6.07) is 16.3. The number of pyridine rings is 1. The molecular weight excluding hydrogens is 314 g/mol. The van der Waals surface area contributed by atoms with Gasteiger partial charge in [-0.1, -0.05) is 24.3 Å². The van der Waals surface area contributed by atoms with Crippen LogP contribution in [0.4, 0.5) is 5.69 Å². The summed E-state index contributed by atoms with van der Waals surface area (Å²) in [6.45, 7) is 4.49. The van der Waals surface area contributed by atoms with E-state index in [1.807, 2.05) is 25.2 Å². The van der Waals surface area contributed by atoms with Gasteiger partial charge in [0.25, 0.3) is 0 Å². The molecule has 1 aromatic heterocycles. The molecule has 132 valence electrons. The Morgan fingerprint density at radius 1 is 1.08 bits per heavy atom. The molecule has 1 fully saturated rings. The van der Waals surface area contributed by atoms with Gasteiger partial charge >= 0.3 is 0 Å². The fourth-order valence-electron chi connectivity index (χ4n) is 2.99. The molecule has 0 aliphatic carbocycles. The minimum atomic E-state index is 0.628. The van der Waals surface area contributed by atoms with Gasteiger partial charge in [0.2, 0.25) is 5.88 Å². The number of hydrogen-bond donors (Lipinski definition) is 1. The third-order valence-corrected chi connectivity index (χ3v) is 4.33. The normalized spacial score (nSPS) is 15.2. The number of methoxy groups -OCH3 is 1. The number of para-hydroxylation sites is 1. The van der Waals surface area contributed by atoms with Crippen LogP contribution in [-0.4, -0.2) is 56.2 Å². The zero-order valence-corrected chi connectivity index (χ0v) is 14.9. The first kappa shape index (κ1) is 17.1. The highest BCUT2D eigenvalue weighted by molar-refractivity contribution is 5.80. The first-order chi connectivity index (χ1) is 12.3. The van der Waals surface area contributed by atoms with Crippen molar-refractivity contribution in [3.63, 3.8) is 0 Å². The Hall–Kier alpha value is -2.76. The van der Waals surface area contributed by atoms with E-state index in [0.717, 1.165) is 37.8 Å². The molecule has 6 heteroatoms. The number of nitrogens with one attached hydrogen (secondary N) is 1. The third-order valence-electron chi connectivity index (χ3n) is 4.33. The molecule has 0 radical (unpaired) electrons. The Balaban J connectivity index is 1.54. The summed E-state index contributed by atoms with van der Waals surface area (Å²) in [5.41, 5.74) is 2.22. The Morgan fingerprint density at radius 3 is 2.52 bits per heavy atom. The van der Waals surface area contributed by atoms with Gasteiger partial charge in [0.05, 0.1) is 19.3 Å². The summed E-state index contributed by atoms with van der Waals surface area (Å²) in [5.74, 6) is 1.54. The Kier molecular flexibility index (Phi) is 5.72. The van der Waals surface area contributed by atoms with Crippen LogP contribution in [-0.2, 0) is 6.54 Å². The van der Waals surface area contributed by atoms with Crippen molar-refractivity contribution in [1.29, 1.82) is 0 Å². The summed E-state index contributed by atoms with van der Waals surface area (Å²) in [7, 11) is 3.45. The Labute approximate surface area is 149 Å². The fraction of sp³-hybridized carbons (Fsp3) is 0.368. The maximum atomic E-state index is 5.17. The molecule has 1 aromatic carbocycles. The van der Waals surface area contributed by atoms with Crippen LogP contribution in [0.1, 0.15) is 5.69 Å². The topological polar surface area (TPSA) is 53.0 Å². The average Bonchev–Trinajstić information content (AvgIpc) is 2.70. The number of hydrogen-bond acceptors (Lipinski definition) is 4. The van der Waals surface area contributed by atoms with E-state index in [1.54, 1.807) is 7.11 Å². The number of anilines is 1. The van der Waals surface area contributed by atoms with E-state index in [-0.39, 0.29) is 0 Å². The SMILES string of the molecule is CN=C(NCc1cccc(OC)n1)N1CCN(c2ccccc2)CC1. The molecule has 1 N–H and O–H groups in total. The monoisotopic (exact) mass is 339 g/mol. The van der Waals surface area contributed by atoms with Gasteiger partial charge in [0, 0.05) is 45.0 Å². The van der Waals surface area contributed by atoms with E-state index in [2.05, 4.69) is 55.4 Å². The molecule has 3 rings (SSSR count). The lowest BCUT2D eigenvalue weighted by Crippen LogP contribution is -2.52. The molecule has 1 aliphatic heterocycles. The van der Waals surface area contributed by atoms with Crippen LogP contribution >= 0.6 is 0 Å². The lowest BCUT2D eigenvalue weighted by Gasteiger charge is -2.37. The second-order valence-electron chi connectivity index (χ2n) is 5.88. The molecular formula is C19H25N5O. The largest absolute Gasteiger partial charge is 0.481 e. The van der Waals surface area contributed by atoms with Gasteiger partial charge in [0.15, 0.2) is 5.96 Å². The number of piperazine rings is 1. The van der Waals surface area contributed by atoms with E-state index >= 15 is 0 Å². The smallest absolute Gasteiger partial charge is 0.213 e. The zero-order chi connectivity index (χ0) is 17.5. The summed E-state index contributed by atoms with van der Waals surface area (Å²) < 4.78 is 5.17. The standard InChI is InChI=1S/C19H25N5O/c1-20-19(21-15-16-7-6-10-18(22-16)25-2)24-13-11-23(12-14-24)17-8-4-3-5-9-17/h3-10H,11-15H2,1-2H3,(H,20,21). The quantitative estimate of drug-likeness (QED) is 0.682. The number of aromatic nitrogens is 1. The van der Waals surface area contributed by atoms with E-state index in [1.165, 1.54) is 5.69 Å². The molecule has 0 bridgehead atoms. The van der Waals surface area contributed by atoms with Gasteiger partial charge in [0.1, 0.15) is 0 Å². The highest BCUT2D eigenvalue weighted by Crippen LogP contribution is 2.15. The lowest BCUT2D eigenvalue weighted by molar-refractivity contribution is 0.371. The van der Waals surface area contributed by atoms with Gasteiger partial charge in [-0.05, 0) is 18.2 Å².